The van der Waals surface area contributed by atoms with Crippen LogP contribution in [0, 0.1) is 0 Å². The first-order valence-corrected chi connectivity index (χ1v) is 9.84. The maximum atomic E-state index is 13.0. The molecule has 2 aromatic rings. The molecule has 3 rings (SSSR count). The molecular formula is C20H17F3N2O4S. The van der Waals surface area contributed by atoms with Crippen molar-refractivity contribution >= 4 is 40.9 Å². The first-order valence-electron chi connectivity index (χ1n) is 8.79. The van der Waals surface area contributed by atoms with Crippen molar-refractivity contribution in [2.75, 3.05) is 23.1 Å². The quantitative estimate of drug-likeness (QED) is 0.696. The number of alkyl halides is 3. The Morgan fingerprint density at radius 3 is 2.47 bits per heavy atom. The van der Waals surface area contributed by atoms with E-state index in [9.17, 15) is 27.6 Å². The number of ether oxygens (including phenoxy) is 1. The summed E-state index contributed by atoms with van der Waals surface area (Å²) in [5.41, 5.74) is -0.928. The van der Waals surface area contributed by atoms with E-state index in [0.717, 1.165) is 28.8 Å². The molecule has 0 aromatic heterocycles. The predicted octanol–water partition coefficient (Wildman–Crippen LogP) is 3.72. The molecule has 1 aliphatic heterocycles. The van der Waals surface area contributed by atoms with E-state index in [2.05, 4.69) is 5.32 Å². The number of halogens is 3. The Morgan fingerprint density at radius 1 is 1.17 bits per heavy atom. The molecule has 1 saturated heterocycles. The van der Waals surface area contributed by atoms with E-state index in [1.165, 1.54) is 19.2 Å². The Balaban J connectivity index is 1.62. The van der Waals surface area contributed by atoms with Gasteiger partial charge in [-0.2, -0.15) is 13.2 Å². The third-order valence-corrected chi connectivity index (χ3v) is 5.56. The molecule has 10 heteroatoms. The largest absolute Gasteiger partial charge is 0.497 e. The molecule has 1 N–H and O–H groups in total. The SMILES string of the molecule is COc1ccc(N2C(=O)CC(SCC(=O)Nc3ccccc3C(F)(F)F)C2=O)cc1. The Kier molecular flexibility index (Phi) is 6.35. The van der Waals surface area contributed by atoms with Gasteiger partial charge in [0.1, 0.15) is 5.75 Å². The van der Waals surface area contributed by atoms with E-state index in [1.807, 2.05) is 0 Å². The standard InChI is InChI=1S/C20H17F3N2O4S/c1-29-13-8-6-12(7-9-13)25-18(27)10-16(19(25)28)30-11-17(26)24-15-5-3-2-4-14(15)20(21,22)23/h2-9,16H,10-11H2,1H3,(H,24,26). The van der Waals surface area contributed by atoms with Gasteiger partial charge in [0.2, 0.25) is 17.7 Å². The average Bonchev–Trinajstić information content (AvgIpc) is 2.99. The number of para-hydroxylation sites is 1. The Hall–Kier alpha value is -3.01. The van der Waals surface area contributed by atoms with E-state index in [0.29, 0.717) is 11.4 Å². The first kappa shape index (κ1) is 21.7. The van der Waals surface area contributed by atoms with Gasteiger partial charge in [-0.25, -0.2) is 4.90 Å². The van der Waals surface area contributed by atoms with Gasteiger partial charge in [-0.15, -0.1) is 11.8 Å². The molecule has 1 unspecified atom stereocenters. The number of hydrogen-bond acceptors (Lipinski definition) is 5. The highest BCUT2D eigenvalue weighted by Gasteiger charge is 2.40. The minimum absolute atomic E-state index is 0.0953. The van der Waals surface area contributed by atoms with Crippen molar-refractivity contribution in [2.24, 2.45) is 0 Å². The van der Waals surface area contributed by atoms with Crippen LogP contribution in [0.4, 0.5) is 24.5 Å². The highest BCUT2D eigenvalue weighted by atomic mass is 32.2. The zero-order valence-corrected chi connectivity index (χ0v) is 16.5. The molecule has 0 aliphatic carbocycles. The van der Waals surface area contributed by atoms with Crippen molar-refractivity contribution in [2.45, 2.75) is 17.8 Å². The zero-order chi connectivity index (χ0) is 21.9. The number of rotatable bonds is 6. The number of benzene rings is 2. The third-order valence-electron chi connectivity index (χ3n) is 4.36. The van der Waals surface area contributed by atoms with Crippen LogP contribution >= 0.6 is 11.8 Å². The summed E-state index contributed by atoms with van der Waals surface area (Å²) in [6.45, 7) is 0. The van der Waals surface area contributed by atoms with Crippen molar-refractivity contribution in [1.29, 1.82) is 0 Å². The molecule has 1 fully saturated rings. The molecule has 0 saturated carbocycles. The van der Waals surface area contributed by atoms with Crippen molar-refractivity contribution in [3.8, 4) is 5.75 Å². The van der Waals surface area contributed by atoms with Crippen LogP contribution in [-0.2, 0) is 20.6 Å². The molecule has 1 atom stereocenters. The lowest BCUT2D eigenvalue weighted by Crippen LogP contribution is -2.31. The summed E-state index contributed by atoms with van der Waals surface area (Å²) in [7, 11) is 1.49. The van der Waals surface area contributed by atoms with Crippen LogP contribution in [0.3, 0.4) is 0 Å². The maximum absolute atomic E-state index is 13.0. The van der Waals surface area contributed by atoms with Crippen molar-refractivity contribution in [1.82, 2.24) is 0 Å². The number of thioether (sulfide) groups is 1. The maximum Gasteiger partial charge on any atom is 0.418 e. The number of nitrogens with one attached hydrogen (secondary N) is 1. The van der Waals surface area contributed by atoms with Gasteiger partial charge in [-0.05, 0) is 36.4 Å². The second-order valence-electron chi connectivity index (χ2n) is 6.36. The lowest BCUT2D eigenvalue weighted by molar-refractivity contribution is -0.137. The molecule has 158 valence electrons. The van der Waals surface area contributed by atoms with Gasteiger partial charge < -0.3 is 10.1 Å². The number of hydrogen-bond donors (Lipinski definition) is 1. The minimum atomic E-state index is -4.61. The molecule has 30 heavy (non-hydrogen) atoms. The minimum Gasteiger partial charge on any atom is -0.497 e. The summed E-state index contributed by atoms with van der Waals surface area (Å²) in [5, 5.41) is 1.43. The molecular weight excluding hydrogens is 421 g/mol. The van der Waals surface area contributed by atoms with Crippen LogP contribution in [0.5, 0.6) is 5.75 Å². The molecule has 0 bridgehead atoms. The fourth-order valence-corrected chi connectivity index (χ4v) is 3.87. The monoisotopic (exact) mass is 438 g/mol. The summed E-state index contributed by atoms with van der Waals surface area (Å²) in [4.78, 5) is 38.0. The molecule has 3 amide bonds. The van der Waals surface area contributed by atoms with Gasteiger partial charge in [0, 0.05) is 6.42 Å². The van der Waals surface area contributed by atoms with Crippen LogP contribution < -0.4 is 15.0 Å². The lowest BCUT2D eigenvalue weighted by Gasteiger charge is -2.16. The van der Waals surface area contributed by atoms with Crippen LogP contribution in [0.2, 0.25) is 0 Å². The molecule has 0 spiro atoms. The number of carbonyl (C=O) groups is 3. The van der Waals surface area contributed by atoms with E-state index in [4.69, 9.17) is 4.74 Å². The molecule has 1 heterocycles. The summed E-state index contributed by atoms with van der Waals surface area (Å²) in [5.74, 6) is -1.28. The third kappa shape index (κ3) is 4.76. The second kappa shape index (κ2) is 8.78. The van der Waals surface area contributed by atoms with Crippen LogP contribution in [0.1, 0.15) is 12.0 Å². The van der Waals surface area contributed by atoms with Gasteiger partial charge in [0.15, 0.2) is 0 Å². The summed E-state index contributed by atoms with van der Waals surface area (Å²) < 4.78 is 44.1. The predicted molar refractivity (Wildman–Crippen MR) is 106 cm³/mol. The summed E-state index contributed by atoms with van der Waals surface area (Å²) in [6, 6.07) is 11.0. The van der Waals surface area contributed by atoms with Gasteiger partial charge >= 0.3 is 6.18 Å². The highest BCUT2D eigenvalue weighted by Crippen LogP contribution is 2.35. The topological polar surface area (TPSA) is 75.7 Å². The summed E-state index contributed by atoms with van der Waals surface area (Å²) in [6.07, 6.45) is -4.70. The lowest BCUT2D eigenvalue weighted by atomic mass is 10.1. The fourth-order valence-electron chi connectivity index (χ4n) is 2.94. The second-order valence-corrected chi connectivity index (χ2v) is 7.55. The van der Waals surface area contributed by atoms with Crippen molar-refractivity contribution in [3.05, 3.63) is 54.1 Å². The van der Waals surface area contributed by atoms with Crippen LogP contribution in [0.25, 0.3) is 0 Å². The van der Waals surface area contributed by atoms with Crippen LogP contribution in [-0.4, -0.2) is 35.8 Å². The average molecular weight is 438 g/mol. The van der Waals surface area contributed by atoms with E-state index >= 15 is 0 Å². The number of methoxy groups -OCH3 is 1. The first-order chi connectivity index (χ1) is 14.2. The normalized spacial score (nSPS) is 16.7. The van der Waals surface area contributed by atoms with E-state index in [-0.39, 0.29) is 17.9 Å². The van der Waals surface area contributed by atoms with E-state index in [1.54, 1.807) is 24.3 Å². The van der Waals surface area contributed by atoms with Crippen molar-refractivity contribution < 1.29 is 32.3 Å². The Labute approximate surface area is 174 Å². The molecule has 1 aliphatic rings. The van der Waals surface area contributed by atoms with Gasteiger partial charge in [0.05, 0.1) is 35.1 Å². The molecule has 0 radical (unpaired) electrons. The fraction of sp³-hybridized carbons (Fsp3) is 0.250. The molecule has 2 aromatic carbocycles. The van der Waals surface area contributed by atoms with Gasteiger partial charge in [0.25, 0.3) is 0 Å². The van der Waals surface area contributed by atoms with Crippen molar-refractivity contribution in [3.63, 3.8) is 0 Å². The highest BCUT2D eigenvalue weighted by molar-refractivity contribution is 8.01. The Bertz CT molecular complexity index is 963. The van der Waals surface area contributed by atoms with Crippen LogP contribution in [0.15, 0.2) is 48.5 Å². The smallest absolute Gasteiger partial charge is 0.418 e. The number of amides is 3. The molecule has 6 nitrogen and oxygen atoms in total. The van der Waals surface area contributed by atoms with Gasteiger partial charge in [-0.1, -0.05) is 12.1 Å². The number of imide groups is 1. The van der Waals surface area contributed by atoms with E-state index < -0.39 is 34.7 Å². The summed E-state index contributed by atoms with van der Waals surface area (Å²) >= 11 is 0.913. The Morgan fingerprint density at radius 2 is 1.83 bits per heavy atom. The number of carbonyl (C=O) groups excluding carboxylic acids is 3. The van der Waals surface area contributed by atoms with Gasteiger partial charge in [-0.3, -0.25) is 14.4 Å². The number of anilines is 2. The number of nitrogens with zero attached hydrogens (tertiary/aromatic N) is 1. The zero-order valence-electron chi connectivity index (χ0n) is 15.7.